The van der Waals surface area contributed by atoms with E-state index in [1.807, 2.05) is 6.92 Å². The predicted octanol–water partition coefficient (Wildman–Crippen LogP) is 2.51. The number of nitrogens with two attached hydrogens (primary N) is 1. The van der Waals surface area contributed by atoms with Gasteiger partial charge in [-0.3, -0.25) is 4.79 Å². The zero-order valence-electron chi connectivity index (χ0n) is 9.46. The molecule has 1 rings (SSSR count). The molecule has 0 aromatic heterocycles. The second-order valence-corrected chi connectivity index (χ2v) is 4.81. The molecule has 1 fully saturated rings. The summed E-state index contributed by atoms with van der Waals surface area (Å²) in [6, 6.07) is 0.0831. The zero-order chi connectivity index (χ0) is 10.6. The third kappa shape index (κ3) is 3.41. The van der Waals surface area contributed by atoms with E-state index < -0.39 is 0 Å². The first-order valence-electron chi connectivity index (χ1n) is 5.91. The van der Waals surface area contributed by atoms with Crippen LogP contribution in [0.4, 0.5) is 0 Å². The van der Waals surface area contributed by atoms with Gasteiger partial charge in [-0.05, 0) is 25.2 Å². The van der Waals surface area contributed by atoms with Crippen LogP contribution in [-0.2, 0) is 4.79 Å². The van der Waals surface area contributed by atoms with Crippen molar-refractivity contribution in [2.75, 3.05) is 0 Å². The third-order valence-electron chi connectivity index (χ3n) is 3.38. The van der Waals surface area contributed by atoms with Crippen LogP contribution in [0.15, 0.2) is 0 Å². The molecule has 0 amide bonds. The molecule has 0 saturated heterocycles. The summed E-state index contributed by atoms with van der Waals surface area (Å²) in [6.07, 6.45) is 6.21. The topological polar surface area (TPSA) is 43.1 Å². The van der Waals surface area contributed by atoms with E-state index in [4.69, 9.17) is 5.73 Å². The highest BCUT2D eigenvalue weighted by atomic mass is 16.1. The molecule has 2 nitrogen and oxygen atoms in total. The molecular formula is C12H23NO. The number of carbonyl (C=O) groups is 1. The number of hydrogen-bond acceptors (Lipinski definition) is 2. The lowest BCUT2D eigenvalue weighted by Gasteiger charge is -2.26. The average Bonchev–Trinajstić information content (AvgIpc) is 2.17. The molecule has 1 saturated carbocycles. The summed E-state index contributed by atoms with van der Waals surface area (Å²) in [6.45, 7) is 4.29. The molecule has 3 atom stereocenters. The molecule has 0 aromatic rings. The quantitative estimate of drug-likeness (QED) is 0.752. The standard InChI is InChI=1S/C12H23NO/c1-3-11(13)8-12(14)10-6-4-5-9(2)7-10/h9-11H,3-8,13H2,1-2H3. The predicted molar refractivity (Wildman–Crippen MR) is 59.0 cm³/mol. The molecule has 3 unspecified atom stereocenters. The first kappa shape index (κ1) is 11.7. The van der Waals surface area contributed by atoms with Crippen LogP contribution in [0.2, 0.25) is 0 Å². The minimum atomic E-state index is 0.0831. The second-order valence-electron chi connectivity index (χ2n) is 4.81. The van der Waals surface area contributed by atoms with Gasteiger partial charge in [-0.25, -0.2) is 0 Å². The van der Waals surface area contributed by atoms with Crippen molar-refractivity contribution in [1.29, 1.82) is 0 Å². The van der Waals surface area contributed by atoms with Crippen LogP contribution in [-0.4, -0.2) is 11.8 Å². The van der Waals surface area contributed by atoms with Crippen molar-refractivity contribution in [3.63, 3.8) is 0 Å². The Hall–Kier alpha value is -0.370. The van der Waals surface area contributed by atoms with Crippen molar-refractivity contribution in [3.8, 4) is 0 Å². The maximum absolute atomic E-state index is 11.8. The second kappa shape index (κ2) is 5.50. The molecule has 0 radical (unpaired) electrons. The van der Waals surface area contributed by atoms with Gasteiger partial charge in [0.25, 0.3) is 0 Å². The Morgan fingerprint density at radius 3 is 2.79 bits per heavy atom. The summed E-state index contributed by atoms with van der Waals surface area (Å²) < 4.78 is 0. The van der Waals surface area contributed by atoms with Crippen LogP contribution in [0.5, 0.6) is 0 Å². The van der Waals surface area contributed by atoms with E-state index in [-0.39, 0.29) is 6.04 Å². The molecule has 1 aliphatic carbocycles. The number of Topliss-reactive ketones (excluding diaryl/α,β-unsaturated/α-hetero) is 1. The lowest BCUT2D eigenvalue weighted by molar-refractivity contribution is -0.124. The lowest BCUT2D eigenvalue weighted by atomic mass is 9.79. The Balaban J connectivity index is 2.36. The third-order valence-corrected chi connectivity index (χ3v) is 3.38. The highest BCUT2D eigenvalue weighted by Gasteiger charge is 2.25. The molecule has 0 aromatic carbocycles. The summed E-state index contributed by atoms with van der Waals surface area (Å²) in [5, 5.41) is 0. The SMILES string of the molecule is CCC(N)CC(=O)C1CCCC(C)C1. The summed E-state index contributed by atoms with van der Waals surface area (Å²) in [5.41, 5.74) is 5.79. The molecule has 82 valence electrons. The fraction of sp³-hybridized carbons (Fsp3) is 0.917. The molecule has 2 heteroatoms. The van der Waals surface area contributed by atoms with Crippen LogP contribution in [0.25, 0.3) is 0 Å². The minimum absolute atomic E-state index is 0.0831. The molecule has 2 N–H and O–H groups in total. The van der Waals surface area contributed by atoms with Crippen LogP contribution in [0.3, 0.4) is 0 Å². The normalized spacial score (nSPS) is 29.9. The average molecular weight is 197 g/mol. The first-order valence-corrected chi connectivity index (χ1v) is 5.91. The van der Waals surface area contributed by atoms with Gasteiger partial charge >= 0.3 is 0 Å². The Morgan fingerprint density at radius 2 is 2.21 bits per heavy atom. The number of carbonyl (C=O) groups excluding carboxylic acids is 1. The van der Waals surface area contributed by atoms with Crippen molar-refractivity contribution < 1.29 is 4.79 Å². The Bertz CT molecular complexity index is 191. The first-order chi connectivity index (χ1) is 6.63. The van der Waals surface area contributed by atoms with E-state index >= 15 is 0 Å². The molecule has 14 heavy (non-hydrogen) atoms. The largest absolute Gasteiger partial charge is 0.327 e. The summed E-state index contributed by atoms with van der Waals surface area (Å²) in [5.74, 6) is 1.46. The Labute approximate surface area is 87.2 Å². The van der Waals surface area contributed by atoms with Crippen molar-refractivity contribution in [1.82, 2.24) is 0 Å². The fourth-order valence-corrected chi connectivity index (χ4v) is 2.30. The van der Waals surface area contributed by atoms with Crippen LogP contribution >= 0.6 is 0 Å². The van der Waals surface area contributed by atoms with Crippen LogP contribution < -0.4 is 5.73 Å². The van der Waals surface area contributed by atoms with Crippen molar-refractivity contribution in [2.24, 2.45) is 17.6 Å². The molecule has 0 aliphatic heterocycles. The minimum Gasteiger partial charge on any atom is -0.327 e. The van der Waals surface area contributed by atoms with Gasteiger partial charge in [0.1, 0.15) is 5.78 Å². The molecule has 1 aliphatic rings. The number of hydrogen-bond donors (Lipinski definition) is 1. The van der Waals surface area contributed by atoms with Gasteiger partial charge in [0.2, 0.25) is 0 Å². The van der Waals surface area contributed by atoms with Crippen LogP contribution in [0, 0.1) is 11.8 Å². The van der Waals surface area contributed by atoms with Gasteiger partial charge < -0.3 is 5.73 Å². The van der Waals surface area contributed by atoms with Gasteiger partial charge in [0.15, 0.2) is 0 Å². The van der Waals surface area contributed by atoms with Crippen molar-refractivity contribution >= 4 is 5.78 Å². The van der Waals surface area contributed by atoms with E-state index in [0.29, 0.717) is 18.1 Å². The van der Waals surface area contributed by atoms with E-state index in [1.54, 1.807) is 0 Å². The van der Waals surface area contributed by atoms with Crippen LogP contribution in [0.1, 0.15) is 52.4 Å². The van der Waals surface area contributed by atoms with Crippen molar-refractivity contribution in [2.45, 2.75) is 58.4 Å². The van der Waals surface area contributed by atoms with E-state index in [9.17, 15) is 4.79 Å². The molecular weight excluding hydrogens is 174 g/mol. The van der Waals surface area contributed by atoms with Gasteiger partial charge in [0, 0.05) is 18.4 Å². The van der Waals surface area contributed by atoms with E-state index in [0.717, 1.165) is 25.2 Å². The van der Waals surface area contributed by atoms with Gasteiger partial charge in [-0.1, -0.05) is 26.7 Å². The van der Waals surface area contributed by atoms with Gasteiger partial charge in [-0.2, -0.15) is 0 Å². The highest BCUT2D eigenvalue weighted by molar-refractivity contribution is 5.81. The summed E-state index contributed by atoms with van der Waals surface area (Å²) in [4.78, 5) is 11.8. The number of rotatable bonds is 4. The Kier molecular flexibility index (Phi) is 4.59. The molecule has 0 bridgehead atoms. The molecule has 0 spiro atoms. The smallest absolute Gasteiger partial charge is 0.137 e. The maximum atomic E-state index is 11.8. The van der Waals surface area contributed by atoms with E-state index in [1.165, 1.54) is 12.8 Å². The number of ketones is 1. The summed E-state index contributed by atoms with van der Waals surface area (Å²) in [7, 11) is 0. The van der Waals surface area contributed by atoms with E-state index in [2.05, 4.69) is 6.92 Å². The summed E-state index contributed by atoms with van der Waals surface area (Å²) >= 11 is 0. The Morgan fingerprint density at radius 1 is 1.50 bits per heavy atom. The van der Waals surface area contributed by atoms with Gasteiger partial charge in [-0.15, -0.1) is 0 Å². The monoisotopic (exact) mass is 197 g/mol. The van der Waals surface area contributed by atoms with Gasteiger partial charge in [0.05, 0.1) is 0 Å². The lowest BCUT2D eigenvalue weighted by Crippen LogP contribution is -2.29. The fourth-order valence-electron chi connectivity index (χ4n) is 2.30. The molecule has 0 heterocycles. The van der Waals surface area contributed by atoms with Crippen molar-refractivity contribution in [3.05, 3.63) is 0 Å². The highest BCUT2D eigenvalue weighted by Crippen LogP contribution is 2.29. The maximum Gasteiger partial charge on any atom is 0.137 e. The zero-order valence-corrected chi connectivity index (χ0v) is 9.46.